The van der Waals surface area contributed by atoms with Crippen molar-refractivity contribution in [2.24, 2.45) is 0 Å². The molecule has 1 unspecified atom stereocenters. The fourth-order valence-corrected chi connectivity index (χ4v) is 1.26. The van der Waals surface area contributed by atoms with Gasteiger partial charge in [-0.2, -0.15) is 0 Å². The van der Waals surface area contributed by atoms with Crippen molar-refractivity contribution in [3.8, 4) is 5.75 Å². The van der Waals surface area contributed by atoms with E-state index in [1.165, 1.54) is 32.2 Å². The van der Waals surface area contributed by atoms with Crippen LogP contribution in [0.3, 0.4) is 0 Å². The van der Waals surface area contributed by atoms with E-state index in [-0.39, 0.29) is 5.56 Å². The molecule has 17 heavy (non-hydrogen) atoms. The molecular weight excluding hydrogens is 267 g/mol. The Bertz CT molecular complexity index is 443. The van der Waals surface area contributed by atoms with E-state index in [2.05, 4.69) is 4.74 Å². The number of hydrogen-bond donors (Lipinski definition) is 0. The zero-order valence-electron chi connectivity index (χ0n) is 9.20. The molecule has 92 valence electrons. The van der Waals surface area contributed by atoms with Crippen molar-refractivity contribution in [2.75, 3.05) is 7.11 Å². The minimum Gasteiger partial charge on any atom is -0.495 e. The smallest absolute Gasteiger partial charge is 0.345 e. The van der Waals surface area contributed by atoms with Crippen molar-refractivity contribution in [1.29, 1.82) is 0 Å². The van der Waals surface area contributed by atoms with Crippen LogP contribution in [0, 0.1) is 0 Å². The molecule has 0 aliphatic heterocycles. The standard InChI is InChI=1S/C11H10Cl2O4/c1-6(12)10(14)17-11(15)7-3-4-8(13)9(5-7)16-2/h3-6H,1-2H3. The lowest BCUT2D eigenvalue weighted by Gasteiger charge is -2.06. The van der Waals surface area contributed by atoms with Crippen molar-refractivity contribution in [2.45, 2.75) is 12.3 Å². The highest BCUT2D eigenvalue weighted by molar-refractivity contribution is 6.32. The maximum atomic E-state index is 11.5. The highest BCUT2D eigenvalue weighted by Gasteiger charge is 2.18. The Hall–Kier alpha value is -1.26. The number of alkyl halides is 1. The highest BCUT2D eigenvalue weighted by Crippen LogP contribution is 2.25. The summed E-state index contributed by atoms with van der Waals surface area (Å²) in [6.45, 7) is 1.42. The number of benzene rings is 1. The molecule has 0 amide bonds. The summed E-state index contributed by atoms with van der Waals surface area (Å²) in [7, 11) is 1.42. The predicted octanol–water partition coefficient (Wildman–Crippen LogP) is 2.66. The molecule has 0 aromatic heterocycles. The Kier molecular flexibility index (Phi) is 4.78. The number of methoxy groups -OCH3 is 1. The molecule has 0 N–H and O–H groups in total. The molecule has 0 fully saturated rings. The maximum Gasteiger partial charge on any atom is 0.345 e. The first-order valence-electron chi connectivity index (χ1n) is 4.69. The van der Waals surface area contributed by atoms with Gasteiger partial charge in [-0.1, -0.05) is 11.6 Å². The first-order chi connectivity index (χ1) is 7.95. The summed E-state index contributed by atoms with van der Waals surface area (Å²) in [4.78, 5) is 22.7. The molecule has 1 aromatic carbocycles. The molecule has 1 aromatic rings. The van der Waals surface area contributed by atoms with Gasteiger partial charge in [0.1, 0.15) is 11.1 Å². The van der Waals surface area contributed by atoms with Crippen LogP contribution >= 0.6 is 23.2 Å². The molecule has 4 nitrogen and oxygen atoms in total. The number of carbonyl (C=O) groups is 2. The third-order valence-electron chi connectivity index (χ3n) is 1.90. The molecule has 1 atom stereocenters. The van der Waals surface area contributed by atoms with Gasteiger partial charge in [0.15, 0.2) is 0 Å². The van der Waals surface area contributed by atoms with Gasteiger partial charge in [0.2, 0.25) is 0 Å². The van der Waals surface area contributed by atoms with Crippen molar-refractivity contribution >= 4 is 35.1 Å². The quantitative estimate of drug-likeness (QED) is 0.484. The zero-order chi connectivity index (χ0) is 13.0. The van der Waals surface area contributed by atoms with Crippen LogP contribution in [0.4, 0.5) is 0 Å². The van der Waals surface area contributed by atoms with Crippen molar-refractivity contribution < 1.29 is 19.1 Å². The number of rotatable bonds is 3. The first-order valence-corrected chi connectivity index (χ1v) is 5.50. The molecule has 1 rings (SSSR count). The van der Waals surface area contributed by atoms with Crippen LogP contribution in [0.2, 0.25) is 5.02 Å². The molecule has 0 heterocycles. The summed E-state index contributed by atoms with van der Waals surface area (Å²) in [6, 6.07) is 4.29. The van der Waals surface area contributed by atoms with Gasteiger partial charge in [-0.05, 0) is 25.1 Å². The summed E-state index contributed by atoms with van der Waals surface area (Å²) >= 11 is 11.3. The van der Waals surface area contributed by atoms with Crippen molar-refractivity contribution in [3.05, 3.63) is 28.8 Å². The van der Waals surface area contributed by atoms with Crippen LogP contribution in [0.1, 0.15) is 17.3 Å². The van der Waals surface area contributed by atoms with Gasteiger partial charge in [-0.15, -0.1) is 11.6 Å². The Labute approximate surface area is 108 Å². The fraction of sp³-hybridized carbons (Fsp3) is 0.273. The monoisotopic (exact) mass is 276 g/mol. The summed E-state index contributed by atoms with van der Waals surface area (Å²) in [5.41, 5.74) is 0.164. The average Bonchev–Trinajstić information content (AvgIpc) is 2.29. The Balaban J connectivity index is 2.86. The van der Waals surface area contributed by atoms with Crippen LogP contribution in [0.5, 0.6) is 5.75 Å². The van der Waals surface area contributed by atoms with Crippen LogP contribution in [0.15, 0.2) is 18.2 Å². The summed E-state index contributed by atoms with van der Waals surface area (Å²) in [6.07, 6.45) is 0. The molecule has 0 bridgehead atoms. The van der Waals surface area contributed by atoms with E-state index < -0.39 is 17.3 Å². The summed E-state index contributed by atoms with van der Waals surface area (Å²) in [5.74, 6) is -1.27. The normalized spacial score (nSPS) is 11.8. The molecule has 0 spiro atoms. The lowest BCUT2D eigenvalue weighted by Crippen LogP contribution is -2.19. The van der Waals surface area contributed by atoms with E-state index >= 15 is 0 Å². The van der Waals surface area contributed by atoms with E-state index in [0.717, 1.165) is 0 Å². The predicted molar refractivity (Wildman–Crippen MR) is 63.7 cm³/mol. The minimum absolute atomic E-state index is 0.164. The Morgan fingerprint density at radius 3 is 2.53 bits per heavy atom. The van der Waals surface area contributed by atoms with Gasteiger partial charge >= 0.3 is 11.9 Å². The van der Waals surface area contributed by atoms with Gasteiger partial charge in [0, 0.05) is 0 Å². The van der Waals surface area contributed by atoms with Gasteiger partial charge < -0.3 is 9.47 Å². The average molecular weight is 277 g/mol. The third-order valence-corrected chi connectivity index (χ3v) is 2.40. The topological polar surface area (TPSA) is 52.6 Å². The lowest BCUT2D eigenvalue weighted by atomic mass is 10.2. The molecule has 0 aliphatic carbocycles. The van der Waals surface area contributed by atoms with Crippen LogP contribution in [-0.2, 0) is 9.53 Å². The van der Waals surface area contributed by atoms with Gasteiger partial charge in [0.25, 0.3) is 0 Å². The van der Waals surface area contributed by atoms with Gasteiger partial charge in [-0.3, -0.25) is 0 Å². The van der Waals surface area contributed by atoms with E-state index in [0.29, 0.717) is 10.8 Å². The molecule has 6 heteroatoms. The van der Waals surface area contributed by atoms with Crippen molar-refractivity contribution in [3.63, 3.8) is 0 Å². The zero-order valence-corrected chi connectivity index (χ0v) is 10.7. The minimum atomic E-state index is -0.881. The third kappa shape index (κ3) is 3.61. The summed E-state index contributed by atoms with van der Waals surface area (Å²) < 4.78 is 9.47. The largest absolute Gasteiger partial charge is 0.495 e. The van der Waals surface area contributed by atoms with Crippen molar-refractivity contribution in [1.82, 2.24) is 0 Å². The van der Waals surface area contributed by atoms with E-state index in [1.54, 1.807) is 0 Å². The Morgan fingerprint density at radius 1 is 1.35 bits per heavy atom. The Morgan fingerprint density at radius 2 is 2.00 bits per heavy atom. The van der Waals surface area contributed by atoms with E-state index in [1.807, 2.05) is 0 Å². The lowest BCUT2D eigenvalue weighted by molar-refractivity contribution is -0.137. The van der Waals surface area contributed by atoms with Crippen LogP contribution in [-0.4, -0.2) is 24.4 Å². The van der Waals surface area contributed by atoms with E-state index in [4.69, 9.17) is 27.9 Å². The number of esters is 2. The second-order valence-electron chi connectivity index (χ2n) is 3.17. The molecule has 0 saturated heterocycles. The van der Waals surface area contributed by atoms with Gasteiger partial charge in [0.05, 0.1) is 17.7 Å². The SMILES string of the molecule is COc1cc(C(=O)OC(=O)C(C)Cl)ccc1Cl. The highest BCUT2D eigenvalue weighted by atomic mass is 35.5. The number of hydrogen-bond acceptors (Lipinski definition) is 4. The fourth-order valence-electron chi connectivity index (χ4n) is 1.02. The number of carbonyl (C=O) groups excluding carboxylic acids is 2. The molecule has 0 saturated carbocycles. The number of halogens is 2. The second-order valence-corrected chi connectivity index (χ2v) is 4.24. The summed E-state index contributed by atoms with van der Waals surface area (Å²) in [5, 5.41) is -0.519. The molecular formula is C11H10Cl2O4. The van der Waals surface area contributed by atoms with E-state index in [9.17, 15) is 9.59 Å². The first kappa shape index (κ1) is 13.8. The molecule has 0 aliphatic rings. The van der Waals surface area contributed by atoms with Gasteiger partial charge in [-0.25, -0.2) is 9.59 Å². The molecule has 0 radical (unpaired) electrons. The van der Waals surface area contributed by atoms with Crippen LogP contribution < -0.4 is 4.74 Å². The van der Waals surface area contributed by atoms with Crippen LogP contribution in [0.25, 0.3) is 0 Å². The number of ether oxygens (including phenoxy) is 2. The maximum absolute atomic E-state index is 11.5. The second kappa shape index (κ2) is 5.89.